The Balaban J connectivity index is 2.90. The number of H-pyrrole nitrogens is 1. The third-order valence-corrected chi connectivity index (χ3v) is 1.36. The van der Waals surface area contributed by atoms with Crippen molar-refractivity contribution in [3.05, 3.63) is 5.69 Å². The molecule has 0 saturated carbocycles. The van der Waals surface area contributed by atoms with Crippen molar-refractivity contribution >= 4 is 5.82 Å². The Morgan fingerprint density at radius 3 is 2.50 bits per heavy atom. The molecule has 0 aliphatic heterocycles. The number of aryl methyl sites for hydroxylation is 1. The number of aromatic nitrogens is 3. The molecule has 1 aromatic rings. The highest BCUT2D eigenvalue weighted by atomic mass is 15.4. The van der Waals surface area contributed by atoms with Crippen molar-refractivity contribution in [1.29, 1.82) is 0 Å². The minimum atomic E-state index is 0.921. The number of aromatic amines is 1. The second kappa shape index (κ2) is 2.68. The van der Waals surface area contributed by atoms with Gasteiger partial charge in [0, 0.05) is 14.1 Å². The van der Waals surface area contributed by atoms with Crippen LogP contribution in [0.25, 0.3) is 0 Å². The van der Waals surface area contributed by atoms with Gasteiger partial charge in [-0.25, -0.2) is 0 Å². The molecule has 1 rings (SSSR count). The highest BCUT2D eigenvalue weighted by Crippen LogP contribution is 2.10. The first kappa shape index (κ1) is 7.05. The molecule has 0 spiro atoms. The summed E-state index contributed by atoms with van der Waals surface area (Å²) in [6.45, 7) is 2.06. The third-order valence-electron chi connectivity index (χ3n) is 1.36. The smallest absolute Gasteiger partial charge is 0.173 e. The van der Waals surface area contributed by atoms with Crippen molar-refractivity contribution < 1.29 is 0 Å². The minimum absolute atomic E-state index is 0.921. The number of rotatable bonds is 2. The molecule has 0 radical (unpaired) electrons. The predicted molar refractivity (Wildman–Crippen MR) is 40.1 cm³/mol. The zero-order valence-corrected chi connectivity index (χ0v) is 6.55. The Kier molecular flexibility index (Phi) is 1.89. The van der Waals surface area contributed by atoms with Gasteiger partial charge >= 0.3 is 0 Å². The maximum Gasteiger partial charge on any atom is 0.173 e. The minimum Gasteiger partial charge on any atom is -0.360 e. The molecule has 0 aliphatic rings. The van der Waals surface area contributed by atoms with Gasteiger partial charge in [0.15, 0.2) is 5.82 Å². The molecule has 56 valence electrons. The van der Waals surface area contributed by atoms with E-state index in [9.17, 15) is 0 Å². The largest absolute Gasteiger partial charge is 0.360 e. The van der Waals surface area contributed by atoms with Crippen molar-refractivity contribution in [2.45, 2.75) is 13.3 Å². The Hall–Kier alpha value is -1.06. The molecule has 0 bridgehead atoms. The van der Waals surface area contributed by atoms with Crippen LogP contribution in [0.4, 0.5) is 5.82 Å². The van der Waals surface area contributed by atoms with E-state index in [0.29, 0.717) is 0 Å². The van der Waals surface area contributed by atoms with Crippen LogP contribution in [0.5, 0.6) is 0 Å². The first-order chi connectivity index (χ1) is 4.75. The lowest BCUT2D eigenvalue weighted by molar-refractivity contribution is 0.906. The van der Waals surface area contributed by atoms with E-state index in [0.717, 1.165) is 17.9 Å². The van der Waals surface area contributed by atoms with Crippen LogP contribution in [0.3, 0.4) is 0 Å². The van der Waals surface area contributed by atoms with Crippen LogP contribution in [-0.2, 0) is 6.42 Å². The summed E-state index contributed by atoms with van der Waals surface area (Å²) in [6.07, 6.45) is 0.921. The van der Waals surface area contributed by atoms with Crippen LogP contribution in [-0.4, -0.2) is 29.5 Å². The summed E-state index contributed by atoms with van der Waals surface area (Å²) in [7, 11) is 3.91. The number of hydrogen-bond donors (Lipinski definition) is 1. The number of hydrogen-bond acceptors (Lipinski definition) is 3. The van der Waals surface area contributed by atoms with Crippen LogP contribution in [0.1, 0.15) is 12.6 Å². The van der Waals surface area contributed by atoms with Crippen molar-refractivity contribution in [1.82, 2.24) is 15.4 Å². The van der Waals surface area contributed by atoms with E-state index in [4.69, 9.17) is 0 Å². The Labute approximate surface area is 60.2 Å². The second-order valence-electron chi connectivity index (χ2n) is 2.34. The fourth-order valence-corrected chi connectivity index (χ4v) is 0.843. The molecule has 4 heteroatoms. The van der Waals surface area contributed by atoms with Gasteiger partial charge in [0.25, 0.3) is 0 Å². The van der Waals surface area contributed by atoms with Gasteiger partial charge in [-0.2, -0.15) is 10.3 Å². The SMILES string of the molecule is CCc1n[nH]nc1N(C)C. The van der Waals surface area contributed by atoms with Crippen LogP contribution in [0, 0.1) is 0 Å². The lowest BCUT2D eigenvalue weighted by Gasteiger charge is -2.07. The highest BCUT2D eigenvalue weighted by Gasteiger charge is 2.05. The van der Waals surface area contributed by atoms with Crippen molar-refractivity contribution in [2.75, 3.05) is 19.0 Å². The molecule has 0 amide bonds. The number of nitrogens with one attached hydrogen (secondary N) is 1. The monoisotopic (exact) mass is 140 g/mol. The van der Waals surface area contributed by atoms with Crippen LogP contribution >= 0.6 is 0 Å². The van der Waals surface area contributed by atoms with E-state index in [2.05, 4.69) is 22.3 Å². The summed E-state index contributed by atoms with van der Waals surface area (Å²) in [4.78, 5) is 1.95. The first-order valence-corrected chi connectivity index (χ1v) is 3.32. The predicted octanol–water partition coefficient (Wildman–Crippen LogP) is 0.433. The molecule has 1 aromatic heterocycles. The molecule has 0 fully saturated rings. The van der Waals surface area contributed by atoms with E-state index >= 15 is 0 Å². The molecule has 1 N–H and O–H groups in total. The van der Waals surface area contributed by atoms with E-state index in [1.165, 1.54) is 0 Å². The summed E-state index contributed by atoms with van der Waals surface area (Å²) < 4.78 is 0. The summed E-state index contributed by atoms with van der Waals surface area (Å²) in [5.74, 6) is 0.933. The van der Waals surface area contributed by atoms with Gasteiger partial charge in [-0.05, 0) is 6.42 Å². The molecule has 0 aromatic carbocycles. The molecule has 0 saturated heterocycles. The van der Waals surface area contributed by atoms with Gasteiger partial charge in [0.05, 0.1) is 0 Å². The van der Waals surface area contributed by atoms with E-state index in [1.54, 1.807) is 0 Å². The highest BCUT2D eigenvalue weighted by molar-refractivity contribution is 5.39. The standard InChI is InChI=1S/C6H12N4/c1-4-5-6(10(2)3)8-9-7-5/h4H2,1-3H3,(H,7,8,9). The van der Waals surface area contributed by atoms with Crippen molar-refractivity contribution in [2.24, 2.45) is 0 Å². The molecule has 4 nitrogen and oxygen atoms in total. The summed E-state index contributed by atoms with van der Waals surface area (Å²) in [5.41, 5.74) is 1.02. The topological polar surface area (TPSA) is 44.8 Å². The number of nitrogens with zero attached hydrogens (tertiary/aromatic N) is 3. The van der Waals surface area contributed by atoms with E-state index < -0.39 is 0 Å². The van der Waals surface area contributed by atoms with Gasteiger partial charge in [-0.3, -0.25) is 0 Å². The zero-order chi connectivity index (χ0) is 7.56. The third kappa shape index (κ3) is 1.10. The van der Waals surface area contributed by atoms with Crippen LogP contribution in [0.15, 0.2) is 0 Å². The molecular weight excluding hydrogens is 128 g/mol. The molecule has 0 atom stereocenters. The Morgan fingerprint density at radius 1 is 1.40 bits per heavy atom. The Morgan fingerprint density at radius 2 is 2.10 bits per heavy atom. The zero-order valence-electron chi connectivity index (χ0n) is 6.55. The van der Waals surface area contributed by atoms with Crippen molar-refractivity contribution in [3.8, 4) is 0 Å². The van der Waals surface area contributed by atoms with E-state index in [-0.39, 0.29) is 0 Å². The first-order valence-electron chi connectivity index (χ1n) is 3.32. The summed E-state index contributed by atoms with van der Waals surface area (Å²) >= 11 is 0. The van der Waals surface area contributed by atoms with Gasteiger partial charge in [0.1, 0.15) is 5.69 Å². The normalized spacial score (nSPS) is 9.90. The molecule has 0 unspecified atom stereocenters. The van der Waals surface area contributed by atoms with Crippen molar-refractivity contribution in [3.63, 3.8) is 0 Å². The fraction of sp³-hybridized carbons (Fsp3) is 0.667. The summed E-state index contributed by atoms with van der Waals surface area (Å²) in [5, 5.41) is 10.5. The van der Waals surface area contributed by atoms with Gasteiger partial charge in [0.2, 0.25) is 0 Å². The molecular formula is C6H12N4. The average molecular weight is 140 g/mol. The maximum absolute atomic E-state index is 3.98. The van der Waals surface area contributed by atoms with Gasteiger partial charge in [-0.1, -0.05) is 6.92 Å². The summed E-state index contributed by atoms with van der Waals surface area (Å²) in [6, 6.07) is 0. The molecule has 0 aliphatic carbocycles. The van der Waals surface area contributed by atoms with E-state index in [1.807, 2.05) is 19.0 Å². The van der Waals surface area contributed by atoms with Crippen LogP contribution < -0.4 is 4.90 Å². The second-order valence-corrected chi connectivity index (χ2v) is 2.34. The Bertz CT molecular complexity index is 203. The average Bonchev–Trinajstić information content (AvgIpc) is 2.33. The maximum atomic E-state index is 3.98. The number of anilines is 1. The lowest BCUT2D eigenvalue weighted by atomic mass is 10.3. The molecule has 10 heavy (non-hydrogen) atoms. The quantitative estimate of drug-likeness (QED) is 0.648. The fourth-order valence-electron chi connectivity index (χ4n) is 0.843. The van der Waals surface area contributed by atoms with Crippen LogP contribution in [0.2, 0.25) is 0 Å². The lowest BCUT2D eigenvalue weighted by Crippen LogP contribution is -2.11. The van der Waals surface area contributed by atoms with Gasteiger partial charge in [-0.15, -0.1) is 5.10 Å². The molecule has 1 heterocycles. The van der Waals surface area contributed by atoms with Gasteiger partial charge < -0.3 is 4.90 Å².